The standard InChI is InChI=1S/C43H57N3O5/c1-5-28-51-42(49)45-27-26-38(46-41(48)39(44)31(4)6-2)40(47)36-20-14-15-21-37(36)43(50,34-18-12-9-13-19-34)35-24-22-32(23-25-35)33-17-11-8-7-10-16-30(3)29-33/h5,9,12-15,18-25,30-31,33,38-39,50H,1,6-8,10-11,16-17,26-29,44H2,2-4H3,(H,45,49)(H,46,48). The summed E-state index contributed by atoms with van der Waals surface area (Å²) in [6.07, 6.45) is 10.2. The van der Waals surface area contributed by atoms with Crippen LogP contribution in [0, 0.1) is 11.8 Å². The van der Waals surface area contributed by atoms with Gasteiger partial charge in [0.1, 0.15) is 12.2 Å². The molecule has 1 aliphatic carbocycles. The van der Waals surface area contributed by atoms with E-state index in [0.717, 1.165) is 12.8 Å². The second-order valence-electron chi connectivity index (χ2n) is 14.2. The highest BCUT2D eigenvalue weighted by Crippen LogP contribution is 2.40. The Labute approximate surface area is 304 Å². The van der Waals surface area contributed by atoms with Crippen LogP contribution in [0.15, 0.2) is 91.5 Å². The minimum atomic E-state index is -1.69. The highest BCUT2D eigenvalue weighted by Gasteiger charge is 2.38. The molecule has 51 heavy (non-hydrogen) atoms. The van der Waals surface area contributed by atoms with Crippen molar-refractivity contribution in [3.05, 3.63) is 119 Å². The lowest BCUT2D eigenvalue weighted by Crippen LogP contribution is -2.51. The fourth-order valence-corrected chi connectivity index (χ4v) is 7.17. The first-order valence-corrected chi connectivity index (χ1v) is 18.7. The SMILES string of the molecule is C=CCOC(=O)NCCC(NC(=O)C(N)C(C)CC)C(=O)c1ccccc1C(O)(c1ccccc1)c1ccc(C2CCCCCCC(C)C2)cc1. The highest BCUT2D eigenvalue weighted by molar-refractivity contribution is 6.04. The van der Waals surface area contributed by atoms with Crippen LogP contribution in [0.2, 0.25) is 0 Å². The van der Waals surface area contributed by atoms with Crippen molar-refractivity contribution in [2.75, 3.05) is 13.2 Å². The van der Waals surface area contributed by atoms with Crippen LogP contribution in [-0.2, 0) is 15.1 Å². The van der Waals surface area contributed by atoms with Crippen LogP contribution < -0.4 is 16.4 Å². The van der Waals surface area contributed by atoms with Crippen molar-refractivity contribution in [2.24, 2.45) is 17.6 Å². The zero-order valence-corrected chi connectivity index (χ0v) is 30.6. The molecule has 1 fully saturated rings. The molecular weight excluding hydrogens is 638 g/mol. The van der Waals surface area contributed by atoms with E-state index in [-0.39, 0.29) is 31.1 Å². The number of carbonyl (C=O) groups excluding carboxylic acids is 3. The summed E-state index contributed by atoms with van der Waals surface area (Å²) in [6, 6.07) is 22.7. The normalized spacial score (nSPS) is 19.5. The minimum Gasteiger partial charge on any atom is -0.445 e. The molecule has 8 nitrogen and oxygen atoms in total. The molecule has 274 valence electrons. The topological polar surface area (TPSA) is 131 Å². The van der Waals surface area contributed by atoms with Gasteiger partial charge in [-0.1, -0.05) is 151 Å². The number of Topliss-reactive ketones (excluding diaryl/α,β-unsaturated/α-hetero) is 1. The summed E-state index contributed by atoms with van der Waals surface area (Å²) in [7, 11) is 0. The molecule has 4 rings (SSSR count). The summed E-state index contributed by atoms with van der Waals surface area (Å²) in [5.41, 5.74) is 7.76. The van der Waals surface area contributed by atoms with Crippen LogP contribution >= 0.6 is 0 Å². The maximum Gasteiger partial charge on any atom is 0.407 e. The molecular formula is C43H57N3O5. The molecule has 6 atom stereocenters. The Morgan fingerprint density at radius 1 is 0.961 bits per heavy atom. The summed E-state index contributed by atoms with van der Waals surface area (Å²) in [5.74, 6) is 0.152. The minimum absolute atomic E-state index is 0.0425. The molecule has 3 aromatic carbocycles. The Balaban J connectivity index is 1.73. The average molecular weight is 696 g/mol. The highest BCUT2D eigenvalue weighted by atomic mass is 16.5. The third-order valence-corrected chi connectivity index (χ3v) is 10.5. The number of benzene rings is 3. The van der Waals surface area contributed by atoms with Gasteiger partial charge in [-0.05, 0) is 53.7 Å². The van der Waals surface area contributed by atoms with E-state index in [1.54, 1.807) is 24.3 Å². The zero-order valence-electron chi connectivity index (χ0n) is 30.6. The number of nitrogens with one attached hydrogen (secondary N) is 2. The Hall–Kier alpha value is -4.27. The van der Waals surface area contributed by atoms with Crippen molar-refractivity contribution in [3.8, 4) is 0 Å². The summed E-state index contributed by atoms with van der Waals surface area (Å²) in [5, 5.41) is 18.5. The van der Waals surface area contributed by atoms with E-state index in [1.165, 1.54) is 43.7 Å². The monoisotopic (exact) mass is 695 g/mol. The number of aliphatic hydroxyl groups is 1. The number of hydrogen-bond acceptors (Lipinski definition) is 6. The van der Waals surface area contributed by atoms with Crippen molar-refractivity contribution in [1.82, 2.24) is 10.6 Å². The second-order valence-corrected chi connectivity index (χ2v) is 14.2. The van der Waals surface area contributed by atoms with Crippen LogP contribution in [0.5, 0.6) is 0 Å². The Morgan fingerprint density at radius 3 is 2.29 bits per heavy atom. The first-order chi connectivity index (χ1) is 24.6. The van der Waals surface area contributed by atoms with Crippen molar-refractivity contribution < 1.29 is 24.2 Å². The lowest BCUT2D eigenvalue weighted by molar-refractivity contribution is -0.123. The van der Waals surface area contributed by atoms with Crippen molar-refractivity contribution in [1.29, 1.82) is 0 Å². The molecule has 0 radical (unpaired) electrons. The quantitative estimate of drug-likeness (QED) is 0.0730. The van der Waals surface area contributed by atoms with Crippen molar-refractivity contribution in [3.63, 3.8) is 0 Å². The van der Waals surface area contributed by atoms with E-state index in [0.29, 0.717) is 34.9 Å². The number of ketones is 1. The molecule has 5 N–H and O–H groups in total. The summed E-state index contributed by atoms with van der Waals surface area (Å²) in [4.78, 5) is 40.1. The van der Waals surface area contributed by atoms with Gasteiger partial charge in [0.2, 0.25) is 5.91 Å². The smallest absolute Gasteiger partial charge is 0.407 e. The first-order valence-electron chi connectivity index (χ1n) is 18.7. The van der Waals surface area contributed by atoms with Crippen LogP contribution in [0.25, 0.3) is 0 Å². The molecule has 3 aromatic rings. The van der Waals surface area contributed by atoms with Gasteiger partial charge >= 0.3 is 6.09 Å². The maximum atomic E-state index is 14.6. The van der Waals surface area contributed by atoms with Gasteiger partial charge in [0, 0.05) is 17.7 Å². The number of alkyl carbamates (subject to hydrolysis) is 1. The van der Waals surface area contributed by atoms with Gasteiger partial charge in [0.25, 0.3) is 0 Å². The maximum absolute atomic E-state index is 14.6. The Morgan fingerprint density at radius 2 is 1.61 bits per heavy atom. The number of amides is 2. The number of ether oxygens (including phenoxy) is 1. The lowest BCUT2D eigenvalue weighted by Gasteiger charge is -2.33. The van der Waals surface area contributed by atoms with E-state index in [2.05, 4.69) is 36.3 Å². The van der Waals surface area contributed by atoms with Gasteiger partial charge in [-0.15, -0.1) is 0 Å². The van der Waals surface area contributed by atoms with Crippen molar-refractivity contribution >= 4 is 17.8 Å². The van der Waals surface area contributed by atoms with E-state index in [9.17, 15) is 19.5 Å². The van der Waals surface area contributed by atoms with E-state index in [1.807, 2.05) is 56.3 Å². The summed E-state index contributed by atoms with van der Waals surface area (Å²) < 4.78 is 5.02. The predicted molar refractivity (Wildman–Crippen MR) is 204 cm³/mol. The number of carbonyl (C=O) groups is 3. The molecule has 0 heterocycles. The first kappa shape index (κ1) is 39.5. The molecule has 0 aliphatic heterocycles. The zero-order chi connectivity index (χ0) is 36.8. The number of nitrogens with two attached hydrogens (primary N) is 1. The molecule has 0 aromatic heterocycles. The van der Waals surface area contributed by atoms with Gasteiger partial charge in [-0.2, -0.15) is 0 Å². The van der Waals surface area contributed by atoms with Crippen LogP contribution in [0.3, 0.4) is 0 Å². The van der Waals surface area contributed by atoms with Gasteiger partial charge in [-0.3, -0.25) is 9.59 Å². The molecule has 1 aliphatic rings. The summed E-state index contributed by atoms with van der Waals surface area (Å²) >= 11 is 0. The molecule has 2 amide bonds. The molecule has 1 saturated carbocycles. The van der Waals surface area contributed by atoms with E-state index in [4.69, 9.17) is 10.5 Å². The Bertz CT molecular complexity index is 1580. The third kappa shape index (κ3) is 10.4. The van der Waals surface area contributed by atoms with Gasteiger partial charge in [0.05, 0.1) is 12.1 Å². The van der Waals surface area contributed by atoms with Gasteiger partial charge in [0.15, 0.2) is 5.78 Å². The van der Waals surface area contributed by atoms with Crippen LogP contribution in [0.1, 0.15) is 117 Å². The lowest BCUT2D eigenvalue weighted by atomic mass is 9.76. The summed E-state index contributed by atoms with van der Waals surface area (Å²) in [6.45, 7) is 9.84. The molecule has 8 heteroatoms. The van der Waals surface area contributed by atoms with Crippen LogP contribution in [0.4, 0.5) is 4.79 Å². The van der Waals surface area contributed by atoms with E-state index < -0.39 is 35.5 Å². The largest absolute Gasteiger partial charge is 0.445 e. The molecule has 6 unspecified atom stereocenters. The molecule has 0 saturated heterocycles. The van der Waals surface area contributed by atoms with Gasteiger partial charge in [-0.25, -0.2) is 4.79 Å². The third-order valence-electron chi connectivity index (χ3n) is 10.5. The Kier molecular flexibility index (Phi) is 15.0. The van der Waals surface area contributed by atoms with Gasteiger partial charge < -0.3 is 26.2 Å². The fraction of sp³-hybridized carbons (Fsp3) is 0.465. The predicted octanol–water partition coefficient (Wildman–Crippen LogP) is 7.78. The van der Waals surface area contributed by atoms with E-state index >= 15 is 0 Å². The second kappa shape index (κ2) is 19.4. The average Bonchev–Trinajstić information content (AvgIpc) is 3.27. The number of hydrogen-bond donors (Lipinski definition) is 4. The number of rotatable bonds is 15. The fourth-order valence-electron chi connectivity index (χ4n) is 7.17. The van der Waals surface area contributed by atoms with Crippen molar-refractivity contribution in [2.45, 2.75) is 102 Å². The molecule has 0 bridgehead atoms. The molecule has 0 spiro atoms. The van der Waals surface area contributed by atoms with Crippen LogP contribution in [-0.4, -0.2) is 48.1 Å².